The van der Waals surface area contributed by atoms with Crippen LogP contribution in [-0.4, -0.2) is 32.8 Å². The largest absolute Gasteiger partial charge is 0.290 e. The van der Waals surface area contributed by atoms with Crippen molar-refractivity contribution in [2.45, 2.75) is 65.3 Å². The first-order valence-corrected chi connectivity index (χ1v) is 11.1. The minimum atomic E-state index is 0.225. The Balaban J connectivity index is 1.76. The average Bonchev–Trinajstić information content (AvgIpc) is 3.18. The molecule has 1 saturated heterocycles. The third-order valence-electron chi connectivity index (χ3n) is 6.75. The zero-order chi connectivity index (χ0) is 20.4. The lowest BCUT2D eigenvalue weighted by atomic mass is 9.82. The fraction of sp³-hybridized carbons (Fsp3) is 0.520. The molecule has 0 radical (unpaired) electrons. The number of benzene rings is 1. The lowest BCUT2D eigenvalue weighted by molar-refractivity contribution is 0.172. The number of piperidine rings is 1. The van der Waals surface area contributed by atoms with Crippen LogP contribution >= 0.6 is 0 Å². The summed E-state index contributed by atoms with van der Waals surface area (Å²) in [6, 6.07) is 6.71. The molecule has 1 aliphatic carbocycles. The van der Waals surface area contributed by atoms with Gasteiger partial charge in [0.15, 0.2) is 5.82 Å². The minimum Gasteiger partial charge on any atom is -0.290 e. The summed E-state index contributed by atoms with van der Waals surface area (Å²) in [5, 5.41) is 9.07. The fourth-order valence-corrected chi connectivity index (χ4v) is 5.08. The number of aryl methyl sites for hydroxylation is 2. The van der Waals surface area contributed by atoms with Crippen LogP contribution < -0.4 is 0 Å². The summed E-state index contributed by atoms with van der Waals surface area (Å²) in [7, 11) is 0. The second kappa shape index (κ2) is 8.66. The van der Waals surface area contributed by atoms with E-state index in [1.807, 2.05) is 6.33 Å². The molecule has 0 amide bonds. The van der Waals surface area contributed by atoms with E-state index in [1.165, 1.54) is 53.6 Å². The van der Waals surface area contributed by atoms with Crippen molar-refractivity contribution < 1.29 is 0 Å². The highest BCUT2D eigenvalue weighted by Crippen LogP contribution is 2.39. The molecular formula is C25H34N4. The molecule has 2 atom stereocenters. The molecule has 4 rings (SSSR count). The van der Waals surface area contributed by atoms with Crippen molar-refractivity contribution in [3.8, 4) is 5.69 Å². The highest BCUT2D eigenvalue weighted by molar-refractivity contribution is 5.48. The van der Waals surface area contributed by atoms with E-state index >= 15 is 0 Å². The molecule has 154 valence electrons. The molecule has 1 unspecified atom stereocenters. The van der Waals surface area contributed by atoms with Crippen LogP contribution in [0.3, 0.4) is 0 Å². The number of hydrogen-bond acceptors (Lipinski definition) is 3. The highest BCUT2D eigenvalue weighted by atomic mass is 15.3. The van der Waals surface area contributed by atoms with Gasteiger partial charge in [0.2, 0.25) is 0 Å². The topological polar surface area (TPSA) is 34.0 Å². The Morgan fingerprint density at radius 1 is 1.14 bits per heavy atom. The smallest absolute Gasteiger partial charge is 0.159 e. The number of likely N-dealkylation sites (tertiary alicyclic amines) is 1. The Labute approximate surface area is 175 Å². The van der Waals surface area contributed by atoms with E-state index in [0.717, 1.165) is 31.8 Å². The van der Waals surface area contributed by atoms with Crippen molar-refractivity contribution in [3.05, 3.63) is 65.3 Å². The first kappa shape index (κ1) is 20.1. The highest BCUT2D eigenvalue weighted by Gasteiger charge is 2.32. The molecule has 2 aliphatic rings. The standard InChI is InChI=1S/C25H34N4/c1-18(2)21-11-13-22(14-12-21)24(28-15-6-5-7-16-28)25-27-26-17-29(25)23-19(3)9-8-10-20(23)4/h8-10,13,17,21,24H,1,5-7,11-12,14-16H2,2-4H3/t21-,24?/m1/s1. The number of nitrogens with zero attached hydrogens (tertiary/aromatic N) is 4. The third-order valence-corrected chi connectivity index (χ3v) is 6.75. The normalized spacial score (nSPS) is 21.6. The van der Waals surface area contributed by atoms with E-state index < -0.39 is 0 Å². The van der Waals surface area contributed by atoms with Crippen molar-refractivity contribution in [1.29, 1.82) is 0 Å². The van der Waals surface area contributed by atoms with Crippen LogP contribution in [0.4, 0.5) is 0 Å². The molecule has 0 N–H and O–H groups in total. The van der Waals surface area contributed by atoms with E-state index in [9.17, 15) is 0 Å². The van der Waals surface area contributed by atoms with Crippen LogP contribution in [0.1, 0.15) is 68.4 Å². The zero-order valence-corrected chi connectivity index (χ0v) is 18.2. The molecule has 29 heavy (non-hydrogen) atoms. The van der Waals surface area contributed by atoms with Crippen LogP contribution in [0.15, 0.2) is 48.3 Å². The first-order chi connectivity index (χ1) is 14.1. The summed E-state index contributed by atoms with van der Waals surface area (Å²) in [5.74, 6) is 1.70. The Morgan fingerprint density at radius 3 is 2.48 bits per heavy atom. The third kappa shape index (κ3) is 4.09. The van der Waals surface area contributed by atoms with Gasteiger partial charge < -0.3 is 0 Å². The van der Waals surface area contributed by atoms with Crippen LogP contribution in [0.25, 0.3) is 5.69 Å². The van der Waals surface area contributed by atoms with Gasteiger partial charge in [-0.3, -0.25) is 9.47 Å². The van der Waals surface area contributed by atoms with E-state index in [1.54, 1.807) is 0 Å². The van der Waals surface area contributed by atoms with Gasteiger partial charge in [0.1, 0.15) is 6.33 Å². The fourth-order valence-electron chi connectivity index (χ4n) is 5.08. The predicted molar refractivity (Wildman–Crippen MR) is 119 cm³/mol. The lowest BCUT2D eigenvalue weighted by Crippen LogP contribution is -2.36. The number of para-hydroxylation sites is 1. The first-order valence-electron chi connectivity index (χ1n) is 11.1. The van der Waals surface area contributed by atoms with Gasteiger partial charge in [0, 0.05) is 0 Å². The van der Waals surface area contributed by atoms with Gasteiger partial charge in [-0.25, -0.2) is 0 Å². The van der Waals surface area contributed by atoms with Crippen LogP contribution in [0, 0.1) is 19.8 Å². The maximum atomic E-state index is 4.69. The molecule has 1 fully saturated rings. The summed E-state index contributed by atoms with van der Waals surface area (Å²) in [5.41, 5.74) is 6.59. The maximum absolute atomic E-state index is 4.69. The van der Waals surface area contributed by atoms with Gasteiger partial charge in [0.25, 0.3) is 0 Å². The van der Waals surface area contributed by atoms with Gasteiger partial charge in [-0.05, 0) is 88.6 Å². The molecule has 2 aromatic rings. The molecule has 1 aliphatic heterocycles. The van der Waals surface area contributed by atoms with Crippen molar-refractivity contribution in [2.24, 2.45) is 5.92 Å². The quantitative estimate of drug-likeness (QED) is 0.613. The van der Waals surface area contributed by atoms with Gasteiger partial charge in [0.05, 0.1) is 11.7 Å². The van der Waals surface area contributed by atoms with E-state index in [-0.39, 0.29) is 6.04 Å². The second-order valence-corrected chi connectivity index (χ2v) is 8.90. The molecule has 0 saturated carbocycles. The molecular weight excluding hydrogens is 356 g/mol. The van der Waals surface area contributed by atoms with Crippen molar-refractivity contribution in [2.75, 3.05) is 13.1 Å². The minimum absolute atomic E-state index is 0.225. The number of allylic oxidation sites excluding steroid dienone is 2. The Hall–Kier alpha value is -2.20. The summed E-state index contributed by atoms with van der Waals surface area (Å²) < 4.78 is 2.25. The van der Waals surface area contributed by atoms with E-state index in [4.69, 9.17) is 5.10 Å². The van der Waals surface area contributed by atoms with E-state index in [0.29, 0.717) is 5.92 Å². The maximum Gasteiger partial charge on any atom is 0.159 e. The Bertz CT molecular complexity index is 881. The lowest BCUT2D eigenvalue weighted by Gasteiger charge is -2.37. The number of hydrogen-bond donors (Lipinski definition) is 0. The van der Waals surface area contributed by atoms with E-state index in [2.05, 4.69) is 66.2 Å². The molecule has 4 nitrogen and oxygen atoms in total. The number of aromatic nitrogens is 3. The molecule has 4 heteroatoms. The summed E-state index contributed by atoms with van der Waals surface area (Å²) in [6.07, 6.45) is 11.7. The zero-order valence-electron chi connectivity index (χ0n) is 18.2. The van der Waals surface area contributed by atoms with Crippen LogP contribution in [0.5, 0.6) is 0 Å². The van der Waals surface area contributed by atoms with Crippen molar-refractivity contribution in [3.63, 3.8) is 0 Å². The van der Waals surface area contributed by atoms with Crippen molar-refractivity contribution >= 4 is 0 Å². The van der Waals surface area contributed by atoms with Crippen molar-refractivity contribution in [1.82, 2.24) is 19.7 Å². The van der Waals surface area contributed by atoms with Crippen LogP contribution in [-0.2, 0) is 0 Å². The monoisotopic (exact) mass is 390 g/mol. The molecule has 2 heterocycles. The van der Waals surface area contributed by atoms with Gasteiger partial charge in [-0.2, -0.15) is 0 Å². The number of rotatable bonds is 5. The summed E-state index contributed by atoms with van der Waals surface area (Å²) in [4.78, 5) is 2.64. The average molecular weight is 391 g/mol. The summed E-state index contributed by atoms with van der Waals surface area (Å²) in [6.45, 7) is 13.0. The molecule has 0 spiro atoms. The van der Waals surface area contributed by atoms with Gasteiger partial charge in [-0.1, -0.05) is 42.8 Å². The second-order valence-electron chi connectivity index (χ2n) is 8.90. The molecule has 1 aromatic heterocycles. The summed E-state index contributed by atoms with van der Waals surface area (Å²) >= 11 is 0. The van der Waals surface area contributed by atoms with Crippen LogP contribution in [0.2, 0.25) is 0 Å². The SMILES string of the molecule is C=C(C)[C@@H]1CC=C(C(c2nncn2-c2c(C)cccc2C)N2CCCCC2)CC1. The van der Waals surface area contributed by atoms with Gasteiger partial charge >= 0.3 is 0 Å². The predicted octanol–water partition coefficient (Wildman–Crippen LogP) is 5.71. The molecule has 0 bridgehead atoms. The van der Waals surface area contributed by atoms with Gasteiger partial charge in [-0.15, -0.1) is 10.2 Å². The Morgan fingerprint density at radius 2 is 1.86 bits per heavy atom. The Kier molecular flexibility index (Phi) is 6.00. The molecule has 1 aromatic carbocycles.